The average Bonchev–Trinajstić information content (AvgIpc) is 2.90. The highest BCUT2D eigenvalue weighted by molar-refractivity contribution is 5.79. The van der Waals surface area contributed by atoms with E-state index >= 15 is 0 Å². The van der Waals surface area contributed by atoms with Gasteiger partial charge in [0.15, 0.2) is 5.82 Å². The summed E-state index contributed by atoms with van der Waals surface area (Å²) in [4.78, 5) is 17.2. The minimum atomic E-state index is 0.0567. The van der Waals surface area contributed by atoms with Crippen molar-refractivity contribution in [2.24, 2.45) is 5.92 Å². The molecule has 0 spiro atoms. The van der Waals surface area contributed by atoms with E-state index in [1.807, 2.05) is 36.4 Å². The molecule has 0 unspecified atom stereocenters. The van der Waals surface area contributed by atoms with Crippen LogP contribution in [0.2, 0.25) is 0 Å². The van der Waals surface area contributed by atoms with Crippen molar-refractivity contribution in [3.05, 3.63) is 42.0 Å². The molecule has 1 aromatic heterocycles. The number of nitrogens with one attached hydrogen (secondary N) is 2. The lowest BCUT2D eigenvalue weighted by Crippen LogP contribution is -2.41. The molecule has 184 valence electrons. The number of carbonyl (C=O) groups is 1. The predicted molar refractivity (Wildman–Crippen MR) is 132 cm³/mol. The Morgan fingerprint density at radius 3 is 2.47 bits per heavy atom. The van der Waals surface area contributed by atoms with E-state index in [0.717, 1.165) is 89.1 Å². The molecule has 2 N–H and O–H groups in total. The number of hydrogen-bond donors (Lipinski definition) is 2. The maximum Gasteiger partial charge on any atom is 0.223 e. The number of hydrogen-bond acceptors (Lipinski definition) is 8. The van der Waals surface area contributed by atoms with Gasteiger partial charge < -0.3 is 25.0 Å². The van der Waals surface area contributed by atoms with Gasteiger partial charge in [-0.3, -0.25) is 9.69 Å². The molecule has 0 bridgehead atoms. The Morgan fingerprint density at radius 1 is 1.03 bits per heavy atom. The maximum absolute atomic E-state index is 12.6. The highest BCUT2D eigenvalue weighted by Gasteiger charge is 2.25. The molecule has 9 heteroatoms. The summed E-state index contributed by atoms with van der Waals surface area (Å²) >= 11 is 0. The van der Waals surface area contributed by atoms with Gasteiger partial charge >= 0.3 is 0 Å². The first-order chi connectivity index (χ1) is 16.7. The third-order valence-corrected chi connectivity index (χ3v) is 6.55. The number of piperidine rings is 1. The quantitative estimate of drug-likeness (QED) is 0.546. The van der Waals surface area contributed by atoms with Crippen molar-refractivity contribution in [1.29, 1.82) is 0 Å². The van der Waals surface area contributed by atoms with Crippen molar-refractivity contribution >= 4 is 17.5 Å². The SMILES string of the molecule is COc1ccc(CCNC(=O)C2CCN(c3ccc(NCCN4CCOCC4)nn3)CC2)cc1. The summed E-state index contributed by atoms with van der Waals surface area (Å²) < 4.78 is 10.6. The van der Waals surface area contributed by atoms with Crippen LogP contribution < -0.4 is 20.3 Å². The minimum absolute atomic E-state index is 0.0567. The van der Waals surface area contributed by atoms with E-state index in [-0.39, 0.29) is 11.8 Å². The van der Waals surface area contributed by atoms with E-state index in [0.29, 0.717) is 6.54 Å². The lowest BCUT2D eigenvalue weighted by atomic mass is 9.96. The number of amides is 1. The van der Waals surface area contributed by atoms with Crippen LogP contribution in [-0.2, 0) is 16.0 Å². The first-order valence-corrected chi connectivity index (χ1v) is 12.2. The second-order valence-electron chi connectivity index (χ2n) is 8.81. The van der Waals surface area contributed by atoms with Gasteiger partial charge in [-0.1, -0.05) is 12.1 Å². The zero-order valence-corrected chi connectivity index (χ0v) is 20.0. The molecule has 1 amide bonds. The third-order valence-electron chi connectivity index (χ3n) is 6.55. The lowest BCUT2D eigenvalue weighted by molar-refractivity contribution is -0.125. The van der Waals surface area contributed by atoms with Crippen molar-refractivity contribution in [2.75, 3.05) is 76.4 Å². The van der Waals surface area contributed by atoms with Gasteiger partial charge in [0.2, 0.25) is 5.91 Å². The Balaban J connectivity index is 1.14. The average molecular weight is 469 g/mol. The molecule has 34 heavy (non-hydrogen) atoms. The van der Waals surface area contributed by atoms with Gasteiger partial charge in [-0.15, -0.1) is 10.2 Å². The summed E-state index contributed by atoms with van der Waals surface area (Å²) in [5.41, 5.74) is 1.19. The maximum atomic E-state index is 12.6. The standard InChI is InChI=1S/C25H36N6O3/c1-33-22-4-2-20(3-5-22)8-11-27-25(32)21-9-13-31(14-10-21)24-7-6-23(28-29-24)26-12-15-30-16-18-34-19-17-30/h2-7,21H,8-19H2,1H3,(H,26,28)(H,27,32). The molecule has 9 nitrogen and oxygen atoms in total. The zero-order valence-electron chi connectivity index (χ0n) is 20.0. The van der Waals surface area contributed by atoms with Crippen LogP contribution in [0.3, 0.4) is 0 Å². The van der Waals surface area contributed by atoms with Crippen LogP contribution in [0.25, 0.3) is 0 Å². The Bertz CT molecular complexity index is 879. The van der Waals surface area contributed by atoms with Crippen molar-refractivity contribution in [3.63, 3.8) is 0 Å². The van der Waals surface area contributed by atoms with Gasteiger partial charge in [-0.2, -0.15) is 0 Å². The predicted octanol–water partition coefficient (Wildman–Crippen LogP) is 1.80. The first kappa shape index (κ1) is 24.2. The highest BCUT2D eigenvalue weighted by Crippen LogP contribution is 2.22. The van der Waals surface area contributed by atoms with Crippen LogP contribution in [0, 0.1) is 5.92 Å². The van der Waals surface area contributed by atoms with Crippen LogP contribution in [0.15, 0.2) is 36.4 Å². The van der Waals surface area contributed by atoms with Crippen LogP contribution in [0.5, 0.6) is 5.75 Å². The van der Waals surface area contributed by atoms with Gasteiger partial charge in [-0.05, 0) is 49.1 Å². The van der Waals surface area contributed by atoms with Crippen LogP contribution in [-0.4, -0.2) is 87.1 Å². The topological polar surface area (TPSA) is 91.9 Å². The minimum Gasteiger partial charge on any atom is -0.497 e. The summed E-state index contributed by atoms with van der Waals surface area (Å²) in [6, 6.07) is 12.0. The fraction of sp³-hybridized carbons (Fsp3) is 0.560. The molecule has 4 rings (SSSR count). The van der Waals surface area contributed by atoms with Crippen molar-refractivity contribution in [3.8, 4) is 5.75 Å². The number of anilines is 2. The van der Waals surface area contributed by atoms with E-state index in [1.54, 1.807) is 7.11 Å². The fourth-order valence-electron chi connectivity index (χ4n) is 4.39. The molecule has 2 aliphatic heterocycles. The number of rotatable bonds is 10. The van der Waals surface area contributed by atoms with Crippen molar-refractivity contribution in [1.82, 2.24) is 20.4 Å². The van der Waals surface area contributed by atoms with Gasteiger partial charge in [-0.25, -0.2) is 0 Å². The number of carbonyl (C=O) groups excluding carboxylic acids is 1. The molecule has 0 saturated carbocycles. The zero-order chi connectivity index (χ0) is 23.6. The molecule has 3 heterocycles. The van der Waals surface area contributed by atoms with Crippen LogP contribution in [0.1, 0.15) is 18.4 Å². The Hall–Kier alpha value is -2.91. The van der Waals surface area contributed by atoms with Gasteiger partial charge in [0, 0.05) is 51.7 Å². The Labute approximate surface area is 201 Å². The number of methoxy groups -OCH3 is 1. The van der Waals surface area contributed by atoms with Crippen LogP contribution in [0.4, 0.5) is 11.6 Å². The molecule has 0 atom stereocenters. The largest absolute Gasteiger partial charge is 0.497 e. The van der Waals surface area contributed by atoms with E-state index in [2.05, 4.69) is 30.6 Å². The van der Waals surface area contributed by atoms with E-state index in [4.69, 9.17) is 9.47 Å². The molecule has 0 aliphatic carbocycles. The summed E-state index contributed by atoms with van der Waals surface area (Å²) in [7, 11) is 1.66. The number of benzene rings is 1. The molecule has 1 aromatic carbocycles. The van der Waals surface area contributed by atoms with Crippen molar-refractivity contribution in [2.45, 2.75) is 19.3 Å². The van der Waals surface area contributed by atoms with E-state index < -0.39 is 0 Å². The molecule has 2 aliphatic rings. The number of ether oxygens (including phenoxy) is 2. The molecular weight excluding hydrogens is 432 g/mol. The van der Waals surface area contributed by atoms with E-state index in [9.17, 15) is 4.79 Å². The third kappa shape index (κ3) is 7.04. The number of aromatic nitrogens is 2. The summed E-state index contributed by atoms with van der Waals surface area (Å²) in [6.07, 6.45) is 2.47. The highest BCUT2D eigenvalue weighted by atomic mass is 16.5. The smallest absolute Gasteiger partial charge is 0.223 e. The summed E-state index contributed by atoms with van der Waals surface area (Å²) in [5.74, 6) is 2.72. The monoisotopic (exact) mass is 468 g/mol. The number of morpholine rings is 1. The Kier molecular flexibility index (Phi) is 8.92. The fourth-order valence-corrected chi connectivity index (χ4v) is 4.39. The first-order valence-electron chi connectivity index (χ1n) is 12.2. The molecular formula is C25H36N6O3. The second kappa shape index (κ2) is 12.5. The molecule has 0 radical (unpaired) electrons. The van der Waals surface area contributed by atoms with Gasteiger partial charge in [0.05, 0.1) is 20.3 Å². The van der Waals surface area contributed by atoms with Gasteiger partial charge in [0.25, 0.3) is 0 Å². The molecule has 2 aromatic rings. The van der Waals surface area contributed by atoms with Gasteiger partial charge in [0.1, 0.15) is 11.6 Å². The molecule has 2 saturated heterocycles. The normalized spacial score (nSPS) is 17.4. The lowest BCUT2D eigenvalue weighted by Gasteiger charge is -2.31. The van der Waals surface area contributed by atoms with Crippen molar-refractivity contribution < 1.29 is 14.3 Å². The van der Waals surface area contributed by atoms with Crippen LogP contribution >= 0.6 is 0 Å². The summed E-state index contributed by atoms with van der Waals surface area (Å²) in [5, 5.41) is 15.2. The summed E-state index contributed by atoms with van der Waals surface area (Å²) in [6.45, 7) is 7.70. The second-order valence-corrected chi connectivity index (χ2v) is 8.81. The molecule has 2 fully saturated rings. The Morgan fingerprint density at radius 2 is 1.79 bits per heavy atom. The number of nitrogens with zero attached hydrogens (tertiary/aromatic N) is 4. The van der Waals surface area contributed by atoms with E-state index in [1.165, 1.54) is 5.56 Å².